The highest BCUT2D eigenvalue weighted by Gasteiger charge is 2.17. The third kappa shape index (κ3) is 3.98. The molecule has 0 bridgehead atoms. The minimum Gasteiger partial charge on any atom is -0.492 e. The fraction of sp³-hybridized carbons (Fsp3) is 0.143. The summed E-state index contributed by atoms with van der Waals surface area (Å²) in [6.07, 6.45) is 0. The van der Waals surface area contributed by atoms with Crippen molar-refractivity contribution < 1.29 is 13.2 Å². The summed E-state index contributed by atoms with van der Waals surface area (Å²) in [6, 6.07) is 8.70. The summed E-state index contributed by atoms with van der Waals surface area (Å²) in [7, 11) is -3.82. The van der Waals surface area contributed by atoms with Crippen LogP contribution in [0.3, 0.4) is 0 Å². The maximum Gasteiger partial charge on any atom is 0.261 e. The van der Waals surface area contributed by atoms with E-state index in [0.717, 1.165) is 0 Å². The van der Waals surface area contributed by atoms with Gasteiger partial charge in [0.05, 0.1) is 27.2 Å². The summed E-state index contributed by atoms with van der Waals surface area (Å²) in [5.74, 6) is 0.424. The fourth-order valence-electron chi connectivity index (χ4n) is 1.70. The SMILES string of the molecule is CCOc1ccc(S(=O)(=O)Nc2ccc(Cl)cc2Cl)cc1Cl. The normalized spacial score (nSPS) is 11.3. The number of hydrogen-bond acceptors (Lipinski definition) is 3. The molecule has 0 saturated carbocycles. The van der Waals surface area contributed by atoms with E-state index >= 15 is 0 Å². The van der Waals surface area contributed by atoms with Gasteiger partial charge in [-0.05, 0) is 43.3 Å². The molecule has 0 heterocycles. The molecule has 0 spiro atoms. The van der Waals surface area contributed by atoms with Gasteiger partial charge in [-0.25, -0.2) is 8.42 Å². The lowest BCUT2D eigenvalue weighted by atomic mass is 10.3. The largest absolute Gasteiger partial charge is 0.492 e. The van der Waals surface area contributed by atoms with Crippen LogP contribution in [-0.4, -0.2) is 15.0 Å². The maximum atomic E-state index is 12.4. The number of rotatable bonds is 5. The molecule has 0 aliphatic rings. The minimum atomic E-state index is -3.82. The summed E-state index contributed by atoms with van der Waals surface area (Å²) in [4.78, 5) is 0.00645. The van der Waals surface area contributed by atoms with Crippen LogP contribution in [0, 0.1) is 0 Å². The van der Waals surface area contributed by atoms with Crippen LogP contribution in [0.15, 0.2) is 41.3 Å². The Labute approximate surface area is 144 Å². The van der Waals surface area contributed by atoms with E-state index in [9.17, 15) is 8.42 Å². The van der Waals surface area contributed by atoms with Crippen molar-refractivity contribution in [3.8, 4) is 5.75 Å². The molecule has 0 atom stereocenters. The first-order valence-corrected chi connectivity index (χ1v) is 8.85. The summed E-state index contributed by atoms with van der Waals surface area (Å²) in [5.41, 5.74) is 0.232. The van der Waals surface area contributed by atoms with Gasteiger partial charge in [0, 0.05) is 5.02 Å². The molecule has 2 rings (SSSR count). The standard InChI is InChI=1S/C14H12Cl3NO3S/c1-2-21-14-6-4-10(8-12(14)17)22(19,20)18-13-5-3-9(15)7-11(13)16/h3-8,18H,2H2,1H3. The van der Waals surface area contributed by atoms with Gasteiger partial charge in [0.1, 0.15) is 5.75 Å². The average Bonchev–Trinajstić information content (AvgIpc) is 2.44. The Morgan fingerprint density at radius 3 is 2.36 bits per heavy atom. The first-order chi connectivity index (χ1) is 10.3. The maximum absolute atomic E-state index is 12.4. The van der Waals surface area contributed by atoms with Gasteiger partial charge in [-0.3, -0.25) is 4.72 Å². The highest BCUT2D eigenvalue weighted by molar-refractivity contribution is 7.92. The number of ether oxygens (including phenoxy) is 1. The highest BCUT2D eigenvalue weighted by atomic mass is 35.5. The molecule has 0 aromatic heterocycles. The van der Waals surface area contributed by atoms with Crippen LogP contribution >= 0.6 is 34.8 Å². The van der Waals surface area contributed by atoms with Crippen molar-refractivity contribution in [3.05, 3.63) is 51.5 Å². The predicted octanol–water partition coefficient (Wildman–Crippen LogP) is 4.85. The second-order valence-corrected chi connectivity index (χ2v) is 7.19. The van der Waals surface area contributed by atoms with Gasteiger partial charge in [-0.15, -0.1) is 0 Å². The molecule has 2 aromatic carbocycles. The van der Waals surface area contributed by atoms with E-state index in [1.54, 1.807) is 0 Å². The van der Waals surface area contributed by atoms with Gasteiger partial charge in [0.25, 0.3) is 10.0 Å². The lowest BCUT2D eigenvalue weighted by Crippen LogP contribution is -2.13. The quantitative estimate of drug-likeness (QED) is 0.807. The predicted molar refractivity (Wildman–Crippen MR) is 89.9 cm³/mol. The molecule has 0 aliphatic heterocycles. The molecule has 0 amide bonds. The smallest absolute Gasteiger partial charge is 0.261 e. The van der Waals surface area contributed by atoms with Crippen LogP contribution in [0.2, 0.25) is 15.1 Å². The van der Waals surface area contributed by atoms with E-state index < -0.39 is 10.0 Å². The van der Waals surface area contributed by atoms with E-state index in [1.165, 1.54) is 36.4 Å². The molecule has 0 saturated heterocycles. The first kappa shape index (κ1) is 17.2. The average molecular weight is 381 g/mol. The fourth-order valence-corrected chi connectivity index (χ4v) is 3.61. The molecule has 0 aliphatic carbocycles. The van der Waals surface area contributed by atoms with Crippen LogP contribution in [0.5, 0.6) is 5.75 Å². The lowest BCUT2D eigenvalue weighted by molar-refractivity contribution is 0.340. The van der Waals surface area contributed by atoms with E-state index in [0.29, 0.717) is 17.4 Å². The molecule has 0 fully saturated rings. The van der Waals surface area contributed by atoms with E-state index in [-0.39, 0.29) is 20.6 Å². The molecule has 0 radical (unpaired) electrons. The van der Waals surface area contributed by atoms with Gasteiger partial charge in [-0.1, -0.05) is 34.8 Å². The summed E-state index contributed by atoms with van der Waals surface area (Å²) in [6.45, 7) is 2.25. The number of halogens is 3. The van der Waals surface area contributed by atoms with Crippen molar-refractivity contribution in [2.75, 3.05) is 11.3 Å². The minimum absolute atomic E-state index is 0.00645. The van der Waals surface area contributed by atoms with Gasteiger partial charge >= 0.3 is 0 Å². The van der Waals surface area contributed by atoms with Crippen molar-refractivity contribution in [1.29, 1.82) is 0 Å². The van der Waals surface area contributed by atoms with Crippen LogP contribution < -0.4 is 9.46 Å². The van der Waals surface area contributed by atoms with Crippen molar-refractivity contribution >= 4 is 50.5 Å². The molecule has 22 heavy (non-hydrogen) atoms. The van der Waals surface area contributed by atoms with Crippen LogP contribution in [-0.2, 0) is 10.0 Å². The Morgan fingerprint density at radius 1 is 1.05 bits per heavy atom. The van der Waals surface area contributed by atoms with Crippen molar-refractivity contribution in [1.82, 2.24) is 0 Å². The molecule has 118 valence electrons. The molecular weight excluding hydrogens is 369 g/mol. The van der Waals surface area contributed by atoms with Gasteiger partial charge < -0.3 is 4.74 Å². The number of anilines is 1. The van der Waals surface area contributed by atoms with Crippen molar-refractivity contribution in [2.24, 2.45) is 0 Å². The van der Waals surface area contributed by atoms with Gasteiger partial charge in [0.2, 0.25) is 0 Å². The number of benzene rings is 2. The number of hydrogen-bond donors (Lipinski definition) is 1. The highest BCUT2D eigenvalue weighted by Crippen LogP contribution is 2.30. The number of sulfonamides is 1. The topological polar surface area (TPSA) is 55.4 Å². The summed E-state index contributed by atoms with van der Waals surface area (Å²) in [5, 5.41) is 0.831. The monoisotopic (exact) mass is 379 g/mol. The molecular formula is C14H12Cl3NO3S. The zero-order valence-corrected chi connectivity index (χ0v) is 14.5. The Morgan fingerprint density at radius 2 is 1.77 bits per heavy atom. The molecule has 0 unspecified atom stereocenters. The van der Waals surface area contributed by atoms with Crippen LogP contribution in [0.25, 0.3) is 0 Å². The van der Waals surface area contributed by atoms with Crippen LogP contribution in [0.4, 0.5) is 5.69 Å². The van der Waals surface area contributed by atoms with E-state index in [2.05, 4.69) is 4.72 Å². The van der Waals surface area contributed by atoms with Gasteiger partial charge in [0.15, 0.2) is 0 Å². The Kier molecular flexibility index (Phi) is 5.45. The summed E-state index contributed by atoms with van der Waals surface area (Å²) < 4.78 is 32.4. The molecule has 8 heteroatoms. The lowest BCUT2D eigenvalue weighted by Gasteiger charge is -2.11. The van der Waals surface area contributed by atoms with E-state index in [4.69, 9.17) is 39.5 Å². The van der Waals surface area contributed by atoms with Crippen molar-refractivity contribution in [2.45, 2.75) is 11.8 Å². The third-order valence-corrected chi connectivity index (χ3v) is 4.90. The van der Waals surface area contributed by atoms with Gasteiger partial charge in [-0.2, -0.15) is 0 Å². The van der Waals surface area contributed by atoms with E-state index in [1.807, 2.05) is 6.92 Å². The first-order valence-electron chi connectivity index (χ1n) is 6.23. The zero-order chi connectivity index (χ0) is 16.3. The second-order valence-electron chi connectivity index (χ2n) is 4.25. The molecule has 4 nitrogen and oxygen atoms in total. The Balaban J connectivity index is 2.32. The second kappa shape index (κ2) is 6.96. The molecule has 2 aromatic rings. The van der Waals surface area contributed by atoms with Crippen molar-refractivity contribution in [3.63, 3.8) is 0 Å². The van der Waals surface area contributed by atoms with Crippen LogP contribution in [0.1, 0.15) is 6.92 Å². The molecule has 1 N–H and O–H groups in total. The Bertz CT molecular complexity index is 794. The summed E-state index contributed by atoms with van der Waals surface area (Å²) >= 11 is 17.8. The zero-order valence-electron chi connectivity index (χ0n) is 11.4. The number of nitrogens with one attached hydrogen (secondary N) is 1. The Hall–Kier alpha value is -1.14. The third-order valence-electron chi connectivity index (χ3n) is 2.69.